The average molecular weight is 271 g/mol. The van der Waals surface area contributed by atoms with Crippen LogP contribution in [-0.2, 0) is 0 Å². The van der Waals surface area contributed by atoms with Gasteiger partial charge in [-0.1, -0.05) is 24.4 Å². The number of hydrogen-bond donors (Lipinski definition) is 1. The van der Waals surface area contributed by atoms with Gasteiger partial charge in [0.1, 0.15) is 6.61 Å². The molecule has 1 aromatic carbocycles. The zero-order valence-corrected chi connectivity index (χ0v) is 10.7. The number of benzene rings is 1. The highest BCUT2D eigenvalue weighted by Gasteiger charge is 2.31. The predicted molar refractivity (Wildman–Crippen MR) is 69.0 cm³/mol. The first-order valence-corrected chi connectivity index (χ1v) is 6.24. The second kappa shape index (κ2) is 5.12. The van der Waals surface area contributed by atoms with Gasteiger partial charge in [0.05, 0.1) is 10.5 Å². The summed E-state index contributed by atoms with van der Waals surface area (Å²) in [6, 6.07) is 4.27. The Hall–Kier alpha value is -1.33. The summed E-state index contributed by atoms with van der Waals surface area (Å²) in [5.41, 5.74) is 5.70. The maximum absolute atomic E-state index is 10.9. The normalized spacial score (nSPS) is 17.7. The lowest BCUT2D eigenvalue weighted by Gasteiger charge is -2.23. The Labute approximate surface area is 110 Å². The molecule has 0 aliphatic heterocycles. The fourth-order valence-corrected chi connectivity index (χ4v) is 2.36. The molecule has 1 fully saturated rings. The summed E-state index contributed by atoms with van der Waals surface area (Å²) < 4.78 is 5.52. The van der Waals surface area contributed by atoms with Crippen molar-refractivity contribution in [2.45, 2.75) is 31.2 Å². The molecule has 5 nitrogen and oxygen atoms in total. The Morgan fingerprint density at radius 1 is 1.44 bits per heavy atom. The van der Waals surface area contributed by atoms with Crippen LogP contribution in [0.1, 0.15) is 25.7 Å². The molecule has 0 saturated heterocycles. The molecule has 1 aliphatic carbocycles. The van der Waals surface area contributed by atoms with Crippen molar-refractivity contribution in [2.75, 3.05) is 6.61 Å². The van der Waals surface area contributed by atoms with Gasteiger partial charge >= 0.3 is 5.69 Å². The van der Waals surface area contributed by atoms with E-state index in [0.717, 1.165) is 25.7 Å². The minimum Gasteiger partial charge on any atom is -0.485 e. The van der Waals surface area contributed by atoms with Crippen LogP contribution in [0.15, 0.2) is 18.2 Å². The minimum absolute atomic E-state index is 0.0824. The van der Waals surface area contributed by atoms with Gasteiger partial charge in [-0.15, -0.1) is 0 Å². The van der Waals surface area contributed by atoms with E-state index in [0.29, 0.717) is 5.02 Å². The van der Waals surface area contributed by atoms with Crippen LogP contribution in [0, 0.1) is 10.1 Å². The third-order valence-electron chi connectivity index (χ3n) is 3.23. The number of hydrogen-bond acceptors (Lipinski definition) is 4. The molecule has 6 heteroatoms. The van der Waals surface area contributed by atoms with Crippen LogP contribution in [0.4, 0.5) is 5.69 Å². The third kappa shape index (κ3) is 2.91. The fraction of sp³-hybridized carbons (Fsp3) is 0.500. The average Bonchev–Trinajstić information content (AvgIpc) is 2.74. The van der Waals surface area contributed by atoms with E-state index in [1.54, 1.807) is 0 Å². The lowest BCUT2D eigenvalue weighted by atomic mass is 10.0. The number of nitro benzene ring substituents is 1. The molecule has 0 unspecified atom stereocenters. The van der Waals surface area contributed by atoms with Crippen LogP contribution in [0.25, 0.3) is 0 Å². The zero-order chi connectivity index (χ0) is 13.2. The summed E-state index contributed by atoms with van der Waals surface area (Å²) >= 11 is 5.82. The molecule has 0 amide bonds. The van der Waals surface area contributed by atoms with Crippen LogP contribution < -0.4 is 10.5 Å². The highest BCUT2D eigenvalue weighted by Crippen LogP contribution is 2.33. The third-order valence-corrected chi connectivity index (χ3v) is 3.47. The first-order chi connectivity index (χ1) is 8.50. The summed E-state index contributed by atoms with van der Waals surface area (Å²) in [6.07, 6.45) is 3.94. The van der Waals surface area contributed by atoms with Crippen LogP contribution >= 0.6 is 11.6 Å². The van der Waals surface area contributed by atoms with Crippen molar-refractivity contribution in [3.63, 3.8) is 0 Å². The van der Waals surface area contributed by atoms with E-state index in [4.69, 9.17) is 22.1 Å². The largest absolute Gasteiger partial charge is 0.485 e. The number of halogens is 1. The first kappa shape index (κ1) is 13.1. The molecule has 2 rings (SSSR count). The highest BCUT2D eigenvalue weighted by molar-refractivity contribution is 6.30. The fourth-order valence-electron chi connectivity index (χ4n) is 2.20. The quantitative estimate of drug-likeness (QED) is 0.674. The van der Waals surface area contributed by atoms with Crippen molar-refractivity contribution >= 4 is 17.3 Å². The standard InChI is InChI=1S/C12H15ClN2O3/c13-9-3-4-10(15(16)17)11(7-9)18-8-12(14)5-1-2-6-12/h3-4,7H,1-2,5-6,8,14H2. The van der Waals surface area contributed by atoms with Crippen LogP contribution in [0.5, 0.6) is 5.75 Å². The van der Waals surface area contributed by atoms with Gasteiger partial charge in [0.15, 0.2) is 5.75 Å². The summed E-state index contributed by atoms with van der Waals surface area (Å²) in [7, 11) is 0. The van der Waals surface area contributed by atoms with Gasteiger partial charge < -0.3 is 10.5 Å². The van der Waals surface area contributed by atoms with Gasteiger partial charge in [-0.3, -0.25) is 10.1 Å². The molecule has 1 aromatic rings. The van der Waals surface area contributed by atoms with Gasteiger partial charge in [-0.2, -0.15) is 0 Å². The molecule has 0 aromatic heterocycles. The molecule has 0 spiro atoms. The number of nitro groups is 1. The van der Waals surface area contributed by atoms with Crippen LogP contribution in [-0.4, -0.2) is 17.1 Å². The van der Waals surface area contributed by atoms with E-state index >= 15 is 0 Å². The van der Waals surface area contributed by atoms with Gasteiger partial charge in [-0.05, 0) is 18.9 Å². The van der Waals surface area contributed by atoms with Gasteiger partial charge in [0.2, 0.25) is 0 Å². The van der Waals surface area contributed by atoms with E-state index in [-0.39, 0.29) is 23.6 Å². The van der Waals surface area contributed by atoms with Crippen LogP contribution in [0.3, 0.4) is 0 Å². The van der Waals surface area contributed by atoms with E-state index in [2.05, 4.69) is 0 Å². The molecular formula is C12H15ClN2O3. The Morgan fingerprint density at radius 3 is 2.72 bits per heavy atom. The van der Waals surface area contributed by atoms with E-state index in [1.807, 2.05) is 0 Å². The number of nitrogens with two attached hydrogens (primary N) is 1. The van der Waals surface area contributed by atoms with Crippen molar-refractivity contribution in [2.24, 2.45) is 5.73 Å². The van der Waals surface area contributed by atoms with Crippen molar-refractivity contribution in [3.8, 4) is 5.75 Å². The second-order valence-corrected chi connectivity index (χ2v) is 5.16. The number of rotatable bonds is 4. The van der Waals surface area contributed by atoms with E-state index in [9.17, 15) is 10.1 Å². The molecule has 1 aliphatic rings. The molecule has 98 valence electrons. The molecule has 0 bridgehead atoms. The summed E-state index contributed by atoms with van der Waals surface area (Å²) in [5.74, 6) is 0.184. The Kier molecular flexibility index (Phi) is 3.73. The van der Waals surface area contributed by atoms with E-state index < -0.39 is 4.92 Å². The predicted octanol–water partition coefficient (Wildman–Crippen LogP) is 2.90. The lowest BCUT2D eigenvalue weighted by Crippen LogP contribution is -2.42. The maximum Gasteiger partial charge on any atom is 0.311 e. The maximum atomic E-state index is 10.9. The Bertz CT molecular complexity index is 459. The molecule has 0 atom stereocenters. The summed E-state index contributed by atoms with van der Waals surface area (Å²) in [6.45, 7) is 0.286. The second-order valence-electron chi connectivity index (χ2n) is 4.73. The van der Waals surface area contributed by atoms with Crippen molar-refractivity contribution in [1.82, 2.24) is 0 Å². The first-order valence-electron chi connectivity index (χ1n) is 5.86. The number of ether oxygens (including phenoxy) is 1. The van der Waals surface area contributed by atoms with Crippen LogP contribution in [0.2, 0.25) is 5.02 Å². The monoisotopic (exact) mass is 270 g/mol. The minimum atomic E-state index is -0.483. The summed E-state index contributed by atoms with van der Waals surface area (Å²) in [5, 5.41) is 11.3. The van der Waals surface area contributed by atoms with Gasteiger partial charge in [0.25, 0.3) is 0 Å². The van der Waals surface area contributed by atoms with E-state index in [1.165, 1.54) is 18.2 Å². The van der Waals surface area contributed by atoms with Gasteiger partial charge in [0, 0.05) is 17.2 Å². The van der Waals surface area contributed by atoms with Crippen molar-refractivity contribution in [3.05, 3.63) is 33.3 Å². The number of nitrogens with zero attached hydrogens (tertiary/aromatic N) is 1. The smallest absolute Gasteiger partial charge is 0.311 e. The molecule has 0 radical (unpaired) electrons. The van der Waals surface area contributed by atoms with Crippen molar-refractivity contribution < 1.29 is 9.66 Å². The summed E-state index contributed by atoms with van der Waals surface area (Å²) in [4.78, 5) is 10.4. The molecule has 0 heterocycles. The highest BCUT2D eigenvalue weighted by atomic mass is 35.5. The molecule has 1 saturated carbocycles. The lowest BCUT2D eigenvalue weighted by molar-refractivity contribution is -0.385. The van der Waals surface area contributed by atoms with Crippen molar-refractivity contribution in [1.29, 1.82) is 0 Å². The zero-order valence-electron chi connectivity index (χ0n) is 9.89. The Balaban J connectivity index is 2.12. The molecule has 2 N–H and O–H groups in total. The van der Waals surface area contributed by atoms with Gasteiger partial charge in [-0.25, -0.2) is 0 Å². The SMILES string of the molecule is NC1(COc2cc(Cl)ccc2[N+](=O)[O-])CCCC1. The Morgan fingerprint density at radius 2 is 2.11 bits per heavy atom. The topological polar surface area (TPSA) is 78.4 Å². The molecular weight excluding hydrogens is 256 g/mol. The molecule has 18 heavy (non-hydrogen) atoms.